The van der Waals surface area contributed by atoms with E-state index in [1.165, 1.54) is 6.07 Å². The average Bonchev–Trinajstić information content (AvgIpc) is 2.90. The smallest absolute Gasteiger partial charge is 0.336 e. The predicted molar refractivity (Wildman–Crippen MR) is 153 cm³/mol. The Bertz CT molecular complexity index is 1560. The van der Waals surface area contributed by atoms with E-state index in [-0.39, 0.29) is 11.7 Å². The zero-order chi connectivity index (χ0) is 26.8. The van der Waals surface area contributed by atoms with Gasteiger partial charge in [-0.15, -0.1) is 0 Å². The summed E-state index contributed by atoms with van der Waals surface area (Å²) in [5.74, 6) is 1.95. The van der Waals surface area contributed by atoms with Gasteiger partial charge in [-0.1, -0.05) is 12.1 Å². The second-order valence-corrected chi connectivity index (χ2v) is 9.77. The minimum atomic E-state index is -0.381. The molecule has 0 saturated carbocycles. The summed E-state index contributed by atoms with van der Waals surface area (Å²) in [5, 5.41) is 4.89. The van der Waals surface area contributed by atoms with Gasteiger partial charge in [-0.25, -0.2) is 4.79 Å². The van der Waals surface area contributed by atoms with Crippen LogP contribution < -0.4 is 25.2 Å². The highest BCUT2D eigenvalue weighted by molar-refractivity contribution is 7.80. The van der Waals surface area contributed by atoms with E-state index in [0.717, 1.165) is 39.7 Å². The number of nitrogens with zero attached hydrogens (tertiary/aromatic N) is 1. The number of ether oxygens (including phenoxy) is 3. The molecule has 0 amide bonds. The van der Waals surface area contributed by atoms with Crippen LogP contribution in [0.3, 0.4) is 0 Å². The van der Waals surface area contributed by atoms with Gasteiger partial charge in [-0.3, -0.25) is 0 Å². The molecular weight excluding hydrogens is 500 g/mol. The highest BCUT2D eigenvalue weighted by Crippen LogP contribution is 2.39. The van der Waals surface area contributed by atoms with Crippen LogP contribution in [0.5, 0.6) is 17.2 Å². The van der Waals surface area contributed by atoms with Crippen LogP contribution in [0.2, 0.25) is 0 Å². The molecule has 1 atom stereocenters. The minimum Gasteiger partial charge on any atom is -0.493 e. The molecule has 8 heteroatoms. The van der Waals surface area contributed by atoms with Gasteiger partial charge in [0.2, 0.25) is 0 Å². The van der Waals surface area contributed by atoms with Gasteiger partial charge >= 0.3 is 5.63 Å². The number of nitrogens with one attached hydrogen (secondary N) is 1. The van der Waals surface area contributed by atoms with Gasteiger partial charge in [-0.2, -0.15) is 0 Å². The number of anilines is 1. The van der Waals surface area contributed by atoms with Gasteiger partial charge in [0, 0.05) is 29.8 Å². The van der Waals surface area contributed by atoms with E-state index in [0.29, 0.717) is 41.1 Å². The lowest BCUT2D eigenvalue weighted by atomic mass is 9.92. The third kappa shape index (κ3) is 5.17. The van der Waals surface area contributed by atoms with Crippen LogP contribution in [0.1, 0.15) is 28.3 Å². The first-order valence-corrected chi connectivity index (χ1v) is 12.8. The molecule has 0 radical (unpaired) electrons. The Morgan fingerprint density at radius 2 is 1.84 bits per heavy atom. The first-order chi connectivity index (χ1) is 18.4. The van der Waals surface area contributed by atoms with Crippen molar-refractivity contribution in [2.45, 2.75) is 26.3 Å². The zero-order valence-electron chi connectivity index (χ0n) is 21.9. The van der Waals surface area contributed by atoms with Crippen molar-refractivity contribution in [1.82, 2.24) is 4.90 Å². The maximum atomic E-state index is 11.9. The maximum absolute atomic E-state index is 11.9. The lowest BCUT2D eigenvalue weighted by molar-refractivity contribution is 0.190. The molecule has 1 aromatic heterocycles. The summed E-state index contributed by atoms with van der Waals surface area (Å²) in [5.41, 5.74) is 5.29. The Kier molecular flexibility index (Phi) is 7.24. The van der Waals surface area contributed by atoms with Crippen molar-refractivity contribution < 1.29 is 18.6 Å². The fourth-order valence-corrected chi connectivity index (χ4v) is 5.28. The van der Waals surface area contributed by atoms with Crippen molar-refractivity contribution in [2.75, 3.05) is 32.7 Å². The Morgan fingerprint density at radius 1 is 1.05 bits per heavy atom. The largest absolute Gasteiger partial charge is 0.493 e. The fourth-order valence-electron chi connectivity index (χ4n) is 4.94. The molecule has 38 heavy (non-hydrogen) atoms. The fraction of sp³-hybridized carbons (Fsp3) is 0.267. The number of fused-ring (bicyclic) bond motifs is 2. The normalized spacial score (nSPS) is 14.6. The van der Waals surface area contributed by atoms with Crippen molar-refractivity contribution in [3.63, 3.8) is 0 Å². The van der Waals surface area contributed by atoms with E-state index in [1.807, 2.05) is 43.3 Å². The highest BCUT2D eigenvalue weighted by Gasteiger charge is 2.31. The molecule has 1 aliphatic rings. The third-order valence-corrected chi connectivity index (χ3v) is 7.20. The van der Waals surface area contributed by atoms with E-state index >= 15 is 0 Å². The van der Waals surface area contributed by atoms with Crippen LogP contribution in [0.15, 0.2) is 69.9 Å². The Labute approximate surface area is 226 Å². The van der Waals surface area contributed by atoms with Crippen LogP contribution in [-0.4, -0.2) is 37.4 Å². The van der Waals surface area contributed by atoms with E-state index in [9.17, 15) is 4.79 Å². The summed E-state index contributed by atoms with van der Waals surface area (Å²) in [6.07, 6.45) is 0.794. The molecule has 0 saturated heterocycles. The summed E-state index contributed by atoms with van der Waals surface area (Å²) < 4.78 is 22.9. The quantitative estimate of drug-likeness (QED) is 0.248. The van der Waals surface area contributed by atoms with Gasteiger partial charge in [0.1, 0.15) is 17.9 Å². The van der Waals surface area contributed by atoms with Gasteiger partial charge in [0.25, 0.3) is 0 Å². The van der Waals surface area contributed by atoms with Gasteiger partial charge in [-0.05, 0) is 91.1 Å². The molecule has 2 heterocycles. The van der Waals surface area contributed by atoms with Crippen LogP contribution in [0.25, 0.3) is 11.0 Å². The molecular formula is C30H30N2O5S. The van der Waals surface area contributed by atoms with Crippen LogP contribution in [0.4, 0.5) is 5.69 Å². The summed E-state index contributed by atoms with van der Waals surface area (Å²) >= 11 is 5.89. The average molecular weight is 531 g/mol. The van der Waals surface area contributed by atoms with Crippen LogP contribution in [0, 0.1) is 13.8 Å². The Balaban J connectivity index is 1.47. The lowest BCUT2D eigenvalue weighted by Gasteiger charge is -2.39. The zero-order valence-corrected chi connectivity index (χ0v) is 22.7. The standard InChI is InChI=1S/C30H30N2O5S/c1-18-6-5-7-21(12-18)31-30(38)32-11-10-20-14-27(34-3)28(35-4)16-24(20)25(32)17-36-22-8-9-23-19(2)13-29(33)37-26(23)15-22/h5-9,12-16,25H,10-11,17H2,1-4H3,(H,31,38)/t25-/m1/s1. The highest BCUT2D eigenvalue weighted by atomic mass is 32.1. The third-order valence-electron chi connectivity index (χ3n) is 6.86. The number of benzene rings is 3. The van der Waals surface area contributed by atoms with Crippen molar-refractivity contribution >= 4 is 34.0 Å². The van der Waals surface area contributed by atoms with Gasteiger partial charge in [0.05, 0.1) is 20.3 Å². The molecule has 3 aromatic carbocycles. The minimum absolute atomic E-state index is 0.191. The van der Waals surface area contributed by atoms with Crippen molar-refractivity contribution in [3.8, 4) is 17.2 Å². The number of rotatable bonds is 6. The van der Waals surface area contributed by atoms with Crippen molar-refractivity contribution in [2.24, 2.45) is 0 Å². The molecule has 0 aliphatic carbocycles. The van der Waals surface area contributed by atoms with E-state index in [4.69, 9.17) is 30.8 Å². The monoisotopic (exact) mass is 530 g/mol. The molecule has 196 valence electrons. The second kappa shape index (κ2) is 10.8. The maximum Gasteiger partial charge on any atom is 0.336 e. The number of thiocarbonyl (C=S) groups is 1. The van der Waals surface area contributed by atoms with Gasteiger partial charge in [0.15, 0.2) is 16.6 Å². The summed E-state index contributed by atoms with van der Waals surface area (Å²) in [4.78, 5) is 14.1. The molecule has 0 bridgehead atoms. The second-order valence-electron chi connectivity index (χ2n) is 9.38. The molecule has 5 rings (SSSR count). The molecule has 7 nitrogen and oxygen atoms in total. The SMILES string of the molecule is COc1cc2c(cc1OC)[C@@H](COc1ccc3c(C)cc(=O)oc3c1)N(C(=S)Nc1cccc(C)c1)CC2. The molecule has 0 fully saturated rings. The number of methoxy groups -OCH3 is 2. The first-order valence-electron chi connectivity index (χ1n) is 12.4. The topological polar surface area (TPSA) is 73.2 Å². The lowest BCUT2D eigenvalue weighted by Crippen LogP contribution is -2.44. The molecule has 0 spiro atoms. The molecule has 0 unspecified atom stereocenters. The number of hydrogen-bond donors (Lipinski definition) is 1. The van der Waals surface area contributed by atoms with Gasteiger partial charge < -0.3 is 28.8 Å². The van der Waals surface area contributed by atoms with Crippen molar-refractivity contribution in [3.05, 3.63) is 93.3 Å². The van der Waals surface area contributed by atoms with Crippen LogP contribution >= 0.6 is 12.2 Å². The number of aryl methyl sites for hydroxylation is 2. The summed E-state index contributed by atoms with van der Waals surface area (Å²) in [7, 11) is 3.27. The van der Waals surface area contributed by atoms with Crippen LogP contribution in [-0.2, 0) is 6.42 Å². The Morgan fingerprint density at radius 3 is 2.61 bits per heavy atom. The summed E-state index contributed by atoms with van der Waals surface area (Å²) in [6.45, 7) is 4.97. The molecule has 1 N–H and O–H groups in total. The van der Waals surface area contributed by atoms with Crippen molar-refractivity contribution in [1.29, 1.82) is 0 Å². The van der Waals surface area contributed by atoms with E-state index in [1.54, 1.807) is 20.3 Å². The summed E-state index contributed by atoms with van der Waals surface area (Å²) in [6, 6.07) is 19.0. The molecule has 4 aromatic rings. The molecule has 1 aliphatic heterocycles. The van der Waals surface area contributed by atoms with E-state index < -0.39 is 0 Å². The Hall–Kier alpha value is -4.04. The van der Waals surface area contributed by atoms with E-state index in [2.05, 4.69) is 29.3 Å². The number of hydrogen-bond acceptors (Lipinski definition) is 6. The first kappa shape index (κ1) is 25.6. The predicted octanol–water partition coefficient (Wildman–Crippen LogP) is 5.80.